The van der Waals surface area contributed by atoms with E-state index in [1.807, 2.05) is 37.3 Å². The molecular weight excluding hydrogens is 416 g/mol. The Kier molecular flexibility index (Phi) is 5.68. The Hall–Kier alpha value is -2.97. The van der Waals surface area contributed by atoms with Crippen molar-refractivity contribution in [2.24, 2.45) is 5.41 Å². The highest BCUT2D eigenvalue weighted by atomic mass is 32.2. The molecule has 0 bridgehead atoms. The van der Waals surface area contributed by atoms with E-state index in [1.54, 1.807) is 12.1 Å². The quantitative estimate of drug-likeness (QED) is 0.565. The molecule has 1 aromatic heterocycles. The molecule has 2 aromatic carbocycles. The number of methoxy groups -OCH3 is 1. The molecule has 162 valence electrons. The van der Waals surface area contributed by atoms with Crippen molar-refractivity contribution in [3.05, 3.63) is 65.9 Å². The third-order valence-corrected chi connectivity index (χ3v) is 7.44. The molecule has 1 aliphatic rings. The number of aryl methyl sites for hydroxylation is 1. The molecule has 0 atom stereocenters. The Bertz CT molecular complexity index is 1220. The summed E-state index contributed by atoms with van der Waals surface area (Å²) in [6, 6.07) is 16.1. The molecular formula is C23H24N2O5S. The molecule has 7 nitrogen and oxygen atoms in total. The van der Waals surface area contributed by atoms with E-state index in [0.717, 1.165) is 22.2 Å². The normalized spacial score (nSPS) is 15.3. The minimum absolute atomic E-state index is 0.153. The lowest BCUT2D eigenvalue weighted by molar-refractivity contribution is -0.154. The number of nitrogens with zero attached hydrogens (tertiary/aromatic N) is 1. The number of rotatable bonds is 7. The van der Waals surface area contributed by atoms with Gasteiger partial charge in [-0.25, -0.2) is 8.42 Å². The van der Waals surface area contributed by atoms with Crippen molar-refractivity contribution in [3.63, 3.8) is 0 Å². The van der Waals surface area contributed by atoms with Crippen LogP contribution in [-0.2, 0) is 26.0 Å². The van der Waals surface area contributed by atoms with Crippen LogP contribution in [0.5, 0.6) is 5.75 Å². The summed E-state index contributed by atoms with van der Waals surface area (Å²) in [6.07, 6.45) is 0. The van der Waals surface area contributed by atoms with Crippen LogP contribution in [0.25, 0.3) is 10.9 Å². The van der Waals surface area contributed by atoms with Gasteiger partial charge in [0.15, 0.2) is 9.84 Å². The fourth-order valence-electron chi connectivity index (χ4n) is 3.81. The number of nitrogens with one attached hydrogen (secondary N) is 1. The number of aromatic nitrogens is 1. The van der Waals surface area contributed by atoms with E-state index in [9.17, 15) is 13.2 Å². The second-order valence-electron chi connectivity index (χ2n) is 7.83. The first kappa shape index (κ1) is 21.3. The topological polar surface area (TPSA) is 94.6 Å². The van der Waals surface area contributed by atoms with Gasteiger partial charge in [0.1, 0.15) is 17.8 Å². The van der Waals surface area contributed by atoms with Gasteiger partial charge >= 0.3 is 5.97 Å². The van der Waals surface area contributed by atoms with Crippen LogP contribution in [0.4, 0.5) is 0 Å². The molecule has 0 aliphatic carbocycles. The standard InChI is InChI=1S/C23H24N2O5S/c1-16-11-17(20-5-3-4-6-21(20)25-16)12-30-18-7-9-19(10-8-18)31(27,28)15-23(13-24-14-23)22(26)29-2/h3-11,24H,12-15H2,1-2H3. The van der Waals surface area contributed by atoms with E-state index in [4.69, 9.17) is 9.47 Å². The van der Waals surface area contributed by atoms with Crippen LogP contribution in [0.1, 0.15) is 11.3 Å². The second-order valence-corrected chi connectivity index (χ2v) is 9.82. The Morgan fingerprint density at radius 3 is 2.48 bits per heavy atom. The third kappa shape index (κ3) is 4.26. The van der Waals surface area contributed by atoms with E-state index in [-0.39, 0.29) is 10.6 Å². The molecule has 1 N–H and O–H groups in total. The minimum Gasteiger partial charge on any atom is -0.489 e. The third-order valence-electron chi connectivity index (χ3n) is 5.52. The lowest BCUT2D eigenvalue weighted by atomic mass is 9.84. The molecule has 8 heteroatoms. The molecule has 0 amide bonds. The second kappa shape index (κ2) is 8.28. The van der Waals surface area contributed by atoms with Gasteiger partial charge in [-0.15, -0.1) is 0 Å². The van der Waals surface area contributed by atoms with Crippen LogP contribution >= 0.6 is 0 Å². The van der Waals surface area contributed by atoms with Crippen LogP contribution < -0.4 is 10.1 Å². The smallest absolute Gasteiger partial charge is 0.315 e. The highest BCUT2D eigenvalue weighted by Crippen LogP contribution is 2.30. The van der Waals surface area contributed by atoms with Gasteiger partial charge in [0.05, 0.1) is 23.3 Å². The van der Waals surface area contributed by atoms with Gasteiger partial charge in [0.2, 0.25) is 0 Å². The zero-order valence-corrected chi connectivity index (χ0v) is 18.2. The Balaban J connectivity index is 1.48. The summed E-state index contributed by atoms with van der Waals surface area (Å²) in [5, 5.41) is 3.98. The number of benzene rings is 2. The minimum atomic E-state index is -3.66. The number of para-hydroxylation sites is 1. The lowest BCUT2D eigenvalue weighted by Crippen LogP contribution is -2.61. The summed E-state index contributed by atoms with van der Waals surface area (Å²) >= 11 is 0. The molecule has 0 unspecified atom stereocenters. The lowest BCUT2D eigenvalue weighted by Gasteiger charge is -2.39. The van der Waals surface area contributed by atoms with Crippen molar-refractivity contribution in [2.45, 2.75) is 18.4 Å². The number of hydrogen-bond acceptors (Lipinski definition) is 7. The van der Waals surface area contributed by atoms with Crippen molar-refractivity contribution < 1.29 is 22.7 Å². The van der Waals surface area contributed by atoms with Gasteiger partial charge in [-0.2, -0.15) is 0 Å². The van der Waals surface area contributed by atoms with E-state index >= 15 is 0 Å². The summed E-state index contributed by atoms with van der Waals surface area (Å²) in [4.78, 5) is 16.7. The number of sulfone groups is 1. The zero-order valence-electron chi connectivity index (χ0n) is 17.4. The predicted octanol–water partition coefficient (Wildman–Crippen LogP) is 2.66. The van der Waals surface area contributed by atoms with Crippen LogP contribution in [0.2, 0.25) is 0 Å². The summed E-state index contributed by atoms with van der Waals surface area (Å²) in [6.45, 7) is 2.86. The molecule has 1 saturated heterocycles. The van der Waals surface area contributed by atoms with Crippen molar-refractivity contribution >= 4 is 26.7 Å². The monoisotopic (exact) mass is 440 g/mol. The van der Waals surface area contributed by atoms with Crippen LogP contribution in [0, 0.1) is 12.3 Å². The van der Waals surface area contributed by atoms with Gasteiger partial charge < -0.3 is 14.8 Å². The fraction of sp³-hybridized carbons (Fsp3) is 0.304. The average Bonchev–Trinajstić information content (AvgIpc) is 2.74. The first-order valence-electron chi connectivity index (χ1n) is 9.93. The van der Waals surface area contributed by atoms with E-state index in [0.29, 0.717) is 25.4 Å². The molecule has 31 heavy (non-hydrogen) atoms. The number of fused-ring (bicyclic) bond motifs is 1. The molecule has 4 rings (SSSR count). The van der Waals surface area contributed by atoms with Crippen LogP contribution in [-0.4, -0.2) is 45.3 Å². The highest BCUT2D eigenvalue weighted by molar-refractivity contribution is 7.91. The summed E-state index contributed by atoms with van der Waals surface area (Å²) in [5.74, 6) is -0.234. The summed E-state index contributed by atoms with van der Waals surface area (Å²) in [7, 11) is -2.38. The fourth-order valence-corrected chi connectivity index (χ4v) is 5.58. The number of esters is 1. The number of carbonyl (C=O) groups excluding carboxylic acids is 1. The molecule has 2 heterocycles. The largest absolute Gasteiger partial charge is 0.489 e. The van der Waals surface area contributed by atoms with Crippen molar-refractivity contribution in [1.29, 1.82) is 0 Å². The van der Waals surface area contributed by atoms with Gasteiger partial charge in [-0.1, -0.05) is 18.2 Å². The maximum atomic E-state index is 12.9. The molecule has 0 saturated carbocycles. The average molecular weight is 441 g/mol. The number of pyridine rings is 1. The summed E-state index contributed by atoms with van der Waals surface area (Å²) in [5.41, 5.74) is 1.80. The maximum absolute atomic E-state index is 12.9. The van der Waals surface area contributed by atoms with E-state index in [1.165, 1.54) is 19.2 Å². The first-order valence-corrected chi connectivity index (χ1v) is 11.6. The van der Waals surface area contributed by atoms with Crippen molar-refractivity contribution in [1.82, 2.24) is 10.3 Å². The van der Waals surface area contributed by atoms with Crippen molar-refractivity contribution in [3.8, 4) is 5.75 Å². The maximum Gasteiger partial charge on any atom is 0.315 e. The molecule has 1 fully saturated rings. The van der Waals surface area contributed by atoms with Gasteiger partial charge in [0.25, 0.3) is 0 Å². The number of carbonyl (C=O) groups is 1. The van der Waals surface area contributed by atoms with Gasteiger partial charge in [-0.3, -0.25) is 9.78 Å². The SMILES string of the molecule is COC(=O)C1(CS(=O)(=O)c2ccc(OCc3cc(C)nc4ccccc34)cc2)CNC1. The van der Waals surface area contributed by atoms with Gasteiger partial charge in [0, 0.05) is 29.7 Å². The molecule has 1 aliphatic heterocycles. The predicted molar refractivity (Wildman–Crippen MR) is 117 cm³/mol. The summed E-state index contributed by atoms with van der Waals surface area (Å²) < 4.78 is 36.4. The van der Waals surface area contributed by atoms with Crippen molar-refractivity contribution in [2.75, 3.05) is 26.0 Å². The van der Waals surface area contributed by atoms with E-state index in [2.05, 4.69) is 10.3 Å². The number of hydrogen-bond donors (Lipinski definition) is 1. The zero-order chi connectivity index (χ0) is 22.1. The van der Waals surface area contributed by atoms with E-state index < -0.39 is 21.2 Å². The Morgan fingerprint density at radius 2 is 1.84 bits per heavy atom. The highest BCUT2D eigenvalue weighted by Gasteiger charge is 2.49. The molecule has 0 spiro atoms. The Morgan fingerprint density at radius 1 is 1.13 bits per heavy atom. The van der Waals surface area contributed by atoms with Crippen LogP contribution in [0.3, 0.4) is 0 Å². The van der Waals surface area contributed by atoms with Crippen LogP contribution in [0.15, 0.2) is 59.5 Å². The van der Waals surface area contributed by atoms with Gasteiger partial charge in [-0.05, 0) is 43.3 Å². The molecule has 0 radical (unpaired) electrons. The Labute approximate surface area is 181 Å². The first-order chi connectivity index (χ1) is 14.8. The molecule has 3 aromatic rings. The number of ether oxygens (including phenoxy) is 2.